The third-order valence-electron chi connectivity index (χ3n) is 3.52. The summed E-state index contributed by atoms with van der Waals surface area (Å²) >= 11 is 12.0. The third-order valence-corrected chi connectivity index (χ3v) is 4.11. The van der Waals surface area contributed by atoms with Crippen molar-refractivity contribution in [2.45, 2.75) is 32.3 Å². The summed E-state index contributed by atoms with van der Waals surface area (Å²) < 4.78 is 5.61. The van der Waals surface area contributed by atoms with Crippen molar-refractivity contribution in [2.24, 2.45) is 0 Å². The van der Waals surface area contributed by atoms with Gasteiger partial charge in [-0.3, -0.25) is 0 Å². The maximum absolute atomic E-state index is 11.5. The van der Waals surface area contributed by atoms with Gasteiger partial charge in [0.1, 0.15) is 5.75 Å². The number of hydrogen-bond donors (Lipinski definition) is 1. The lowest BCUT2D eigenvalue weighted by Crippen LogP contribution is -2.29. The standard InChI is InChI=1S/C18H18Cl2O3/c1-11(2)12-4-7-15(8-5-12)23-17(18(21)22)9-13-3-6-14(19)10-16(13)20/h3-8,10-11,17H,9H2,1-2H3,(H,21,22)/t17-/m0/s1. The molecule has 2 aromatic rings. The first kappa shape index (κ1) is 17.6. The lowest BCUT2D eigenvalue weighted by atomic mass is 10.0. The van der Waals surface area contributed by atoms with Crippen molar-refractivity contribution < 1.29 is 14.6 Å². The van der Waals surface area contributed by atoms with E-state index in [9.17, 15) is 9.90 Å². The van der Waals surface area contributed by atoms with Crippen LogP contribution >= 0.6 is 23.2 Å². The summed E-state index contributed by atoms with van der Waals surface area (Å²) in [6.07, 6.45) is -0.851. The van der Waals surface area contributed by atoms with Crippen LogP contribution in [0.4, 0.5) is 0 Å². The monoisotopic (exact) mass is 352 g/mol. The van der Waals surface area contributed by atoms with Crippen LogP contribution in [0.1, 0.15) is 30.9 Å². The van der Waals surface area contributed by atoms with E-state index in [-0.39, 0.29) is 6.42 Å². The normalized spacial score (nSPS) is 12.2. The fourth-order valence-corrected chi connectivity index (χ4v) is 2.65. The lowest BCUT2D eigenvalue weighted by Gasteiger charge is -2.16. The molecule has 0 aliphatic carbocycles. The van der Waals surface area contributed by atoms with Gasteiger partial charge in [-0.1, -0.05) is 55.2 Å². The highest BCUT2D eigenvalue weighted by Crippen LogP contribution is 2.24. The molecule has 0 heterocycles. The van der Waals surface area contributed by atoms with Gasteiger partial charge in [0.25, 0.3) is 0 Å². The van der Waals surface area contributed by atoms with Gasteiger partial charge in [0, 0.05) is 16.5 Å². The number of ether oxygens (including phenoxy) is 1. The maximum atomic E-state index is 11.5. The average Bonchev–Trinajstić information content (AvgIpc) is 2.49. The van der Waals surface area contributed by atoms with Crippen molar-refractivity contribution in [1.29, 1.82) is 0 Å². The van der Waals surface area contributed by atoms with Crippen molar-refractivity contribution in [3.63, 3.8) is 0 Å². The molecule has 0 spiro atoms. The highest BCUT2D eigenvalue weighted by atomic mass is 35.5. The molecular weight excluding hydrogens is 335 g/mol. The van der Waals surface area contributed by atoms with E-state index in [0.29, 0.717) is 27.3 Å². The number of aliphatic carboxylic acids is 1. The highest BCUT2D eigenvalue weighted by Gasteiger charge is 2.21. The first-order valence-electron chi connectivity index (χ1n) is 7.30. The molecule has 0 radical (unpaired) electrons. The quantitative estimate of drug-likeness (QED) is 0.777. The van der Waals surface area contributed by atoms with E-state index in [0.717, 1.165) is 0 Å². The Labute approximate surface area is 145 Å². The predicted octanol–water partition coefficient (Wildman–Crippen LogP) is 5.19. The minimum Gasteiger partial charge on any atom is -0.478 e. The Morgan fingerprint density at radius 2 is 1.78 bits per heavy atom. The molecule has 1 atom stereocenters. The average molecular weight is 353 g/mol. The molecule has 23 heavy (non-hydrogen) atoms. The van der Waals surface area contributed by atoms with Crippen molar-refractivity contribution in [2.75, 3.05) is 0 Å². The maximum Gasteiger partial charge on any atom is 0.345 e. The van der Waals surface area contributed by atoms with Crippen LogP contribution in [0.25, 0.3) is 0 Å². The van der Waals surface area contributed by atoms with Crippen LogP contribution in [0.3, 0.4) is 0 Å². The summed E-state index contributed by atoms with van der Waals surface area (Å²) in [6, 6.07) is 12.4. The van der Waals surface area contributed by atoms with Gasteiger partial charge in [-0.25, -0.2) is 4.79 Å². The topological polar surface area (TPSA) is 46.5 Å². The zero-order valence-electron chi connectivity index (χ0n) is 12.9. The van der Waals surface area contributed by atoms with Gasteiger partial charge < -0.3 is 9.84 Å². The Kier molecular flexibility index (Phi) is 5.91. The van der Waals surface area contributed by atoms with Crippen LogP contribution in [0.2, 0.25) is 10.0 Å². The number of rotatable bonds is 6. The van der Waals surface area contributed by atoms with E-state index in [1.165, 1.54) is 5.56 Å². The predicted molar refractivity (Wildman–Crippen MR) is 92.7 cm³/mol. The molecule has 1 N–H and O–H groups in total. The van der Waals surface area contributed by atoms with E-state index in [1.54, 1.807) is 30.3 Å². The van der Waals surface area contributed by atoms with Crippen LogP contribution in [0.5, 0.6) is 5.75 Å². The van der Waals surface area contributed by atoms with Gasteiger partial charge >= 0.3 is 5.97 Å². The molecule has 5 heteroatoms. The fraction of sp³-hybridized carbons (Fsp3) is 0.278. The molecule has 0 aliphatic rings. The molecular formula is C18H18Cl2O3. The number of halogens is 2. The van der Waals surface area contributed by atoms with E-state index in [2.05, 4.69) is 13.8 Å². The second-order valence-electron chi connectivity index (χ2n) is 5.61. The summed E-state index contributed by atoms with van der Waals surface area (Å²) in [5.41, 5.74) is 1.85. The molecule has 2 rings (SSSR count). The summed E-state index contributed by atoms with van der Waals surface area (Å²) in [5, 5.41) is 10.3. The molecule has 0 saturated heterocycles. The molecule has 0 bridgehead atoms. The van der Waals surface area contributed by atoms with Gasteiger partial charge in [0.2, 0.25) is 0 Å². The summed E-state index contributed by atoms with van der Waals surface area (Å²) in [5.74, 6) is -0.108. The number of carboxylic acids is 1. The zero-order chi connectivity index (χ0) is 17.0. The van der Waals surface area contributed by atoms with Crippen LogP contribution < -0.4 is 4.74 Å². The minimum atomic E-state index is -1.04. The molecule has 0 unspecified atom stereocenters. The Morgan fingerprint density at radius 1 is 1.13 bits per heavy atom. The minimum absolute atomic E-state index is 0.164. The molecule has 122 valence electrons. The Hall–Kier alpha value is -1.71. The van der Waals surface area contributed by atoms with E-state index < -0.39 is 12.1 Å². The van der Waals surface area contributed by atoms with Crippen LogP contribution in [0.15, 0.2) is 42.5 Å². The number of carbonyl (C=O) groups is 1. The Morgan fingerprint density at radius 3 is 2.30 bits per heavy atom. The van der Waals surface area contributed by atoms with Crippen molar-refractivity contribution >= 4 is 29.2 Å². The van der Waals surface area contributed by atoms with Gasteiger partial charge in [-0.2, -0.15) is 0 Å². The molecule has 0 amide bonds. The summed E-state index contributed by atoms with van der Waals surface area (Å²) in [6.45, 7) is 4.19. The first-order chi connectivity index (χ1) is 10.9. The lowest BCUT2D eigenvalue weighted by molar-refractivity contribution is -0.145. The highest BCUT2D eigenvalue weighted by molar-refractivity contribution is 6.35. The largest absolute Gasteiger partial charge is 0.478 e. The van der Waals surface area contributed by atoms with Crippen molar-refractivity contribution in [3.05, 3.63) is 63.6 Å². The van der Waals surface area contributed by atoms with Crippen molar-refractivity contribution in [1.82, 2.24) is 0 Å². The Balaban J connectivity index is 2.14. The summed E-state index contributed by atoms with van der Waals surface area (Å²) in [7, 11) is 0. The van der Waals surface area contributed by atoms with Crippen LogP contribution in [-0.4, -0.2) is 17.2 Å². The Bertz CT molecular complexity index is 681. The molecule has 3 nitrogen and oxygen atoms in total. The van der Waals surface area contributed by atoms with Gasteiger partial charge in [0.05, 0.1) is 0 Å². The number of hydrogen-bond acceptors (Lipinski definition) is 2. The second kappa shape index (κ2) is 7.71. The smallest absolute Gasteiger partial charge is 0.345 e. The molecule has 2 aromatic carbocycles. The molecule has 0 saturated carbocycles. The second-order valence-corrected chi connectivity index (χ2v) is 6.45. The zero-order valence-corrected chi connectivity index (χ0v) is 14.4. The van der Waals surface area contributed by atoms with E-state index >= 15 is 0 Å². The van der Waals surface area contributed by atoms with Gasteiger partial charge in [-0.05, 0) is 41.3 Å². The van der Waals surface area contributed by atoms with Crippen LogP contribution in [-0.2, 0) is 11.2 Å². The number of carboxylic acid groups (broad SMARTS) is 1. The van der Waals surface area contributed by atoms with Gasteiger partial charge in [-0.15, -0.1) is 0 Å². The van der Waals surface area contributed by atoms with Crippen molar-refractivity contribution in [3.8, 4) is 5.75 Å². The molecule has 0 fully saturated rings. The summed E-state index contributed by atoms with van der Waals surface area (Å²) in [4.78, 5) is 11.5. The van der Waals surface area contributed by atoms with Crippen LogP contribution in [0, 0.1) is 0 Å². The first-order valence-corrected chi connectivity index (χ1v) is 8.05. The molecule has 0 aromatic heterocycles. The fourth-order valence-electron chi connectivity index (χ4n) is 2.16. The van der Waals surface area contributed by atoms with E-state index in [4.69, 9.17) is 27.9 Å². The van der Waals surface area contributed by atoms with E-state index in [1.807, 2.05) is 12.1 Å². The SMILES string of the molecule is CC(C)c1ccc(O[C@@H](Cc2ccc(Cl)cc2Cl)C(=O)O)cc1. The third kappa shape index (κ3) is 4.88. The molecule has 0 aliphatic heterocycles. The number of benzene rings is 2. The van der Waals surface area contributed by atoms with Gasteiger partial charge in [0.15, 0.2) is 6.10 Å².